The third kappa shape index (κ3) is 4.09. The first kappa shape index (κ1) is 22.5. The molecule has 1 fully saturated rings. The molecule has 0 aliphatic carbocycles. The second-order valence-corrected chi connectivity index (χ2v) is 8.13. The number of ketones is 1. The van der Waals surface area contributed by atoms with Crippen molar-refractivity contribution >= 4 is 39.1 Å². The molecule has 33 heavy (non-hydrogen) atoms. The van der Waals surface area contributed by atoms with Gasteiger partial charge in [-0.05, 0) is 76.1 Å². The van der Waals surface area contributed by atoms with Gasteiger partial charge in [-0.15, -0.1) is 0 Å². The molecule has 0 aromatic heterocycles. The molecule has 8 heteroatoms. The van der Waals surface area contributed by atoms with E-state index < -0.39 is 23.5 Å². The summed E-state index contributed by atoms with van der Waals surface area (Å²) in [5.74, 6) is -1.43. The molecule has 3 aromatic rings. The zero-order valence-corrected chi connectivity index (χ0v) is 19.3. The largest absolute Gasteiger partial charge is 0.507 e. The molecule has 1 heterocycles. The van der Waals surface area contributed by atoms with Crippen LogP contribution in [0.5, 0.6) is 11.5 Å². The van der Waals surface area contributed by atoms with Crippen LogP contribution in [0, 0.1) is 5.82 Å². The minimum absolute atomic E-state index is 0.0883. The van der Waals surface area contributed by atoms with Crippen LogP contribution in [0.25, 0.3) is 5.76 Å². The highest BCUT2D eigenvalue weighted by atomic mass is 79.9. The molecular formula is C25H19BrFNO5. The van der Waals surface area contributed by atoms with Crippen LogP contribution in [0.4, 0.5) is 10.1 Å². The topological polar surface area (TPSA) is 76.1 Å². The Morgan fingerprint density at radius 1 is 1.00 bits per heavy atom. The zero-order valence-electron chi connectivity index (χ0n) is 17.7. The van der Waals surface area contributed by atoms with E-state index in [0.717, 1.165) is 0 Å². The van der Waals surface area contributed by atoms with Gasteiger partial charge in [0, 0.05) is 11.3 Å². The number of carbonyl (C=O) groups excluding carboxylic acids is 2. The SMILES string of the molecule is COc1cccc(C2/C(=C(/O)c3ccc(OC)c(Br)c3)C(=O)C(=O)N2c2ccc(F)cc2)c1. The number of hydrogen-bond donors (Lipinski definition) is 1. The maximum Gasteiger partial charge on any atom is 0.300 e. The van der Waals surface area contributed by atoms with Crippen molar-refractivity contribution in [2.24, 2.45) is 0 Å². The number of rotatable bonds is 5. The molecule has 1 aliphatic heterocycles. The van der Waals surface area contributed by atoms with Crippen molar-refractivity contribution in [2.45, 2.75) is 6.04 Å². The molecule has 6 nitrogen and oxygen atoms in total. The lowest BCUT2D eigenvalue weighted by molar-refractivity contribution is -0.132. The third-order valence-electron chi connectivity index (χ3n) is 5.38. The summed E-state index contributed by atoms with van der Waals surface area (Å²) in [5.41, 5.74) is 1.11. The van der Waals surface area contributed by atoms with Crippen molar-refractivity contribution in [1.82, 2.24) is 0 Å². The quantitative estimate of drug-likeness (QED) is 0.288. The fourth-order valence-electron chi connectivity index (χ4n) is 3.80. The van der Waals surface area contributed by atoms with Crippen molar-refractivity contribution in [3.05, 3.63) is 93.7 Å². The number of Topliss-reactive ketones (excluding diaryl/α,β-unsaturated/α-hetero) is 1. The summed E-state index contributed by atoms with van der Waals surface area (Å²) in [4.78, 5) is 27.5. The van der Waals surface area contributed by atoms with Crippen molar-refractivity contribution in [1.29, 1.82) is 0 Å². The number of benzene rings is 3. The highest BCUT2D eigenvalue weighted by Crippen LogP contribution is 2.43. The van der Waals surface area contributed by atoms with E-state index in [0.29, 0.717) is 32.8 Å². The summed E-state index contributed by atoms with van der Waals surface area (Å²) in [7, 11) is 3.02. The number of aliphatic hydroxyl groups excluding tert-OH is 1. The summed E-state index contributed by atoms with van der Waals surface area (Å²) >= 11 is 3.37. The summed E-state index contributed by atoms with van der Waals surface area (Å²) in [6, 6.07) is 16.0. The van der Waals surface area contributed by atoms with E-state index in [1.54, 1.807) is 42.5 Å². The molecule has 1 amide bonds. The second-order valence-electron chi connectivity index (χ2n) is 7.27. The van der Waals surface area contributed by atoms with Crippen LogP contribution < -0.4 is 14.4 Å². The Balaban J connectivity index is 1.94. The first-order chi connectivity index (χ1) is 15.8. The van der Waals surface area contributed by atoms with Crippen LogP contribution in [0.2, 0.25) is 0 Å². The highest BCUT2D eigenvalue weighted by molar-refractivity contribution is 9.10. The molecule has 1 unspecified atom stereocenters. The summed E-state index contributed by atoms with van der Waals surface area (Å²) in [6.07, 6.45) is 0. The second kappa shape index (κ2) is 9.07. The lowest BCUT2D eigenvalue weighted by atomic mass is 9.95. The normalized spacial score (nSPS) is 17.3. The molecule has 0 spiro atoms. The maximum absolute atomic E-state index is 13.5. The Morgan fingerprint density at radius 3 is 2.36 bits per heavy atom. The lowest BCUT2D eigenvalue weighted by Crippen LogP contribution is -2.29. The molecule has 4 rings (SSSR count). The van der Waals surface area contributed by atoms with Gasteiger partial charge in [-0.1, -0.05) is 12.1 Å². The maximum atomic E-state index is 13.5. The number of amides is 1. The van der Waals surface area contributed by atoms with E-state index >= 15 is 0 Å². The first-order valence-corrected chi connectivity index (χ1v) is 10.7. The molecule has 0 radical (unpaired) electrons. The van der Waals surface area contributed by atoms with E-state index in [1.165, 1.54) is 43.4 Å². The monoisotopic (exact) mass is 511 g/mol. The van der Waals surface area contributed by atoms with Crippen molar-refractivity contribution < 1.29 is 28.6 Å². The lowest BCUT2D eigenvalue weighted by Gasteiger charge is -2.25. The number of aliphatic hydroxyl groups is 1. The zero-order chi connectivity index (χ0) is 23.7. The molecule has 1 N–H and O–H groups in total. The van der Waals surface area contributed by atoms with Crippen molar-refractivity contribution in [3.63, 3.8) is 0 Å². The van der Waals surface area contributed by atoms with Gasteiger partial charge in [0.2, 0.25) is 0 Å². The number of carbonyl (C=O) groups is 2. The molecule has 3 aromatic carbocycles. The molecule has 1 aliphatic rings. The van der Waals surface area contributed by atoms with E-state index in [-0.39, 0.29) is 11.3 Å². The van der Waals surface area contributed by atoms with Gasteiger partial charge in [0.25, 0.3) is 11.7 Å². The summed E-state index contributed by atoms with van der Waals surface area (Å²) < 4.78 is 24.6. The van der Waals surface area contributed by atoms with Crippen LogP contribution >= 0.6 is 15.9 Å². The van der Waals surface area contributed by atoms with Crippen LogP contribution in [0.15, 0.2) is 76.8 Å². The van der Waals surface area contributed by atoms with E-state index in [9.17, 15) is 19.1 Å². The summed E-state index contributed by atoms with van der Waals surface area (Å²) in [5, 5.41) is 11.2. The Kier molecular flexibility index (Phi) is 6.20. The number of hydrogen-bond acceptors (Lipinski definition) is 5. The third-order valence-corrected chi connectivity index (χ3v) is 6.00. The van der Waals surface area contributed by atoms with E-state index in [2.05, 4.69) is 15.9 Å². The molecule has 1 atom stereocenters. The highest BCUT2D eigenvalue weighted by Gasteiger charge is 2.47. The van der Waals surface area contributed by atoms with Gasteiger partial charge >= 0.3 is 0 Å². The van der Waals surface area contributed by atoms with Crippen LogP contribution in [0.3, 0.4) is 0 Å². The Morgan fingerprint density at radius 2 is 1.73 bits per heavy atom. The Labute approximate surface area is 198 Å². The average Bonchev–Trinajstić information content (AvgIpc) is 3.09. The number of anilines is 1. The smallest absolute Gasteiger partial charge is 0.300 e. The van der Waals surface area contributed by atoms with Gasteiger partial charge in [-0.3, -0.25) is 14.5 Å². The van der Waals surface area contributed by atoms with Gasteiger partial charge < -0.3 is 14.6 Å². The molecule has 1 saturated heterocycles. The van der Waals surface area contributed by atoms with Crippen LogP contribution in [-0.2, 0) is 9.59 Å². The summed E-state index contributed by atoms with van der Waals surface area (Å²) in [6.45, 7) is 0. The van der Waals surface area contributed by atoms with Gasteiger partial charge in [-0.2, -0.15) is 0 Å². The minimum Gasteiger partial charge on any atom is -0.507 e. The fraction of sp³-hybridized carbons (Fsp3) is 0.120. The number of halogens is 2. The van der Waals surface area contributed by atoms with E-state index in [4.69, 9.17) is 9.47 Å². The average molecular weight is 512 g/mol. The minimum atomic E-state index is -0.952. The van der Waals surface area contributed by atoms with E-state index in [1.807, 2.05) is 0 Å². The Bertz CT molecular complexity index is 1270. The number of methoxy groups -OCH3 is 2. The fourth-order valence-corrected chi connectivity index (χ4v) is 4.34. The predicted molar refractivity (Wildman–Crippen MR) is 125 cm³/mol. The number of nitrogens with zero attached hydrogens (tertiary/aromatic N) is 1. The molecule has 168 valence electrons. The predicted octanol–water partition coefficient (Wildman–Crippen LogP) is 5.23. The Hall–Kier alpha value is -3.65. The van der Waals surface area contributed by atoms with Gasteiger partial charge in [0.15, 0.2) is 0 Å². The first-order valence-electron chi connectivity index (χ1n) is 9.90. The molecule has 0 saturated carbocycles. The molecular weight excluding hydrogens is 493 g/mol. The van der Waals surface area contributed by atoms with Gasteiger partial charge in [0.05, 0.1) is 30.3 Å². The van der Waals surface area contributed by atoms with Gasteiger partial charge in [0.1, 0.15) is 23.1 Å². The number of ether oxygens (including phenoxy) is 2. The van der Waals surface area contributed by atoms with Crippen molar-refractivity contribution in [2.75, 3.05) is 19.1 Å². The molecule has 0 bridgehead atoms. The van der Waals surface area contributed by atoms with Gasteiger partial charge in [-0.25, -0.2) is 4.39 Å². The van der Waals surface area contributed by atoms with Crippen molar-refractivity contribution in [3.8, 4) is 11.5 Å². The van der Waals surface area contributed by atoms with Crippen LogP contribution in [-0.4, -0.2) is 31.0 Å². The van der Waals surface area contributed by atoms with Crippen LogP contribution in [0.1, 0.15) is 17.2 Å². The standard InChI is InChI=1S/C25H19BrFNO5/c1-32-18-5-3-4-14(12-18)22-21(23(29)15-6-11-20(33-2)19(26)13-15)24(30)25(31)28(22)17-9-7-16(27)8-10-17/h3-13,22,29H,1-2H3/b23-21-.